The van der Waals surface area contributed by atoms with E-state index in [-0.39, 0.29) is 18.2 Å². The zero-order valence-electron chi connectivity index (χ0n) is 23.0. The summed E-state index contributed by atoms with van der Waals surface area (Å²) in [4.78, 5) is 18.4. The third kappa shape index (κ3) is 10.1. The molecule has 0 radical (unpaired) electrons. The maximum atomic E-state index is 12.0. The topological polar surface area (TPSA) is 157 Å². The van der Waals surface area contributed by atoms with Gasteiger partial charge in [-0.15, -0.1) is 12.8 Å². The van der Waals surface area contributed by atoms with Gasteiger partial charge in [-0.25, -0.2) is 14.3 Å². The van der Waals surface area contributed by atoms with Crippen LogP contribution in [0.4, 0.5) is 10.6 Å². The Morgan fingerprint density at radius 3 is 2.58 bits per heavy atom. The summed E-state index contributed by atoms with van der Waals surface area (Å²) in [6.07, 6.45) is 11.0. The number of carbonyl (C=O) groups is 1. The first kappa shape index (κ1) is 31.3. The molecule has 0 unspecified atom stereocenters. The number of morpholine rings is 1. The molecule has 212 valence electrons. The summed E-state index contributed by atoms with van der Waals surface area (Å²) in [5.74, 6) is -1.04. The van der Waals surface area contributed by atoms with E-state index >= 15 is 0 Å². The van der Waals surface area contributed by atoms with Crippen LogP contribution in [-0.4, -0.2) is 92.2 Å². The van der Waals surface area contributed by atoms with Crippen molar-refractivity contribution in [3.8, 4) is 12.8 Å². The van der Waals surface area contributed by atoms with Gasteiger partial charge < -0.3 is 35.5 Å². The molecule has 0 aromatic carbocycles. The SMILES string of the molecule is C#C.CC(C)(C)OC(=O)NC[C@@H]1COCCN1C[C@@H]1CC[C@H](c2ccc3c(N)ncnn23)O1.CC(C)(O)O. The average molecular weight is 535 g/mol. The van der Waals surface area contributed by atoms with Gasteiger partial charge in [-0.2, -0.15) is 5.10 Å². The van der Waals surface area contributed by atoms with Crippen molar-refractivity contribution in [2.24, 2.45) is 0 Å². The van der Waals surface area contributed by atoms with Crippen molar-refractivity contribution in [3.05, 3.63) is 24.2 Å². The van der Waals surface area contributed by atoms with Gasteiger partial charge in [0.05, 0.1) is 31.1 Å². The number of nitrogen functional groups attached to an aromatic ring is 1. The summed E-state index contributed by atoms with van der Waals surface area (Å²) >= 11 is 0. The van der Waals surface area contributed by atoms with Gasteiger partial charge in [0.2, 0.25) is 0 Å². The number of hydrogen-bond acceptors (Lipinski definition) is 10. The Morgan fingerprint density at radius 2 is 1.92 bits per heavy atom. The van der Waals surface area contributed by atoms with E-state index in [0.29, 0.717) is 25.6 Å². The number of nitrogens with two attached hydrogens (primary N) is 1. The molecule has 12 heteroatoms. The number of carbonyl (C=O) groups excluding carboxylic acids is 1. The number of rotatable bonds is 5. The number of nitrogens with zero attached hydrogens (tertiary/aromatic N) is 4. The second-order valence-corrected chi connectivity index (χ2v) is 10.6. The lowest BCUT2D eigenvalue weighted by Gasteiger charge is -2.37. The molecule has 12 nitrogen and oxygen atoms in total. The van der Waals surface area contributed by atoms with Crippen molar-refractivity contribution in [1.82, 2.24) is 24.8 Å². The number of alkyl carbamates (subject to hydrolysis) is 1. The second kappa shape index (κ2) is 13.7. The fourth-order valence-corrected chi connectivity index (χ4v) is 4.17. The highest BCUT2D eigenvalue weighted by Gasteiger charge is 2.33. The summed E-state index contributed by atoms with van der Waals surface area (Å²) in [5, 5.41) is 23.4. The summed E-state index contributed by atoms with van der Waals surface area (Å²) in [5.41, 5.74) is 7.23. The van der Waals surface area contributed by atoms with E-state index in [1.165, 1.54) is 20.2 Å². The maximum absolute atomic E-state index is 12.0. The van der Waals surface area contributed by atoms with E-state index in [9.17, 15) is 4.79 Å². The number of aromatic nitrogens is 3. The van der Waals surface area contributed by atoms with Crippen molar-refractivity contribution in [1.29, 1.82) is 0 Å². The molecular weight excluding hydrogens is 492 g/mol. The number of nitrogens with one attached hydrogen (secondary N) is 1. The lowest BCUT2D eigenvalue weighted by atomic mass is 10.1. The summed E-state index contributed by atoms with van der Waals surface area (Å²) in [6.45, 7) is 11.5. The molecule has 3 atom stereocenters. The van der Waals surface area contributed by atoms with Crippen LogP contribution in [0.1, 0.15) is 59.3 Å². The highest BCUT2D eigenvalue weighted by molar-refractivity contribution is 5.67. The predicted octanol–water partition coefficient (Wildman–Crippen LogP) is 1.71. The molecule has 2 fully saturated rings. The van der Waals surface area contributed by atoms with Crippen LogP contribution in [0.15, 0.2) is 18.5 Å². The van der Waals surface area contributed by atoms with Crippen molar-refractivity contribution in [3.63, 3.8) is 0 Å². The monoisotopic (exact) mass is 534 g/mol. The Bertz CT molecular complexity index is 1040. The minimum atomic E-state index is -1.50. The molecule has 2 saturated heterocycles. The smallest absolute Gasteiger partial charge is 0.407 e. The van der Waals surface area contributed by atoms with E-state index in [0.717, 1.165) is 37.1 Å². The molecule has 2 aliphatic heterocycles. The van der Waals surface area contributed by atoms with Gasteiger partial charge in [0, 0.05) is 19.6 Å². The maximum Gasteiger partial charge on any atom is 0.407 e. The van der Waals surface area contributed by atoms with Crippen LogP contribution in [0.2, 0.25) is 0 Å². The van der Waals surface area contributed by atoms with E-state index in [2.05, 4.69) is 33.1 Å². The zero-order chi connectivity index (χ0) is 28.5. The van der Waals surface area contributed by atoms with Crippen molar-refractivity contribution >= 4 is 17.4 Å². The number of aliphatic hydroxyl groups is 2. The van der Waals surface area contributed by atoms with Gasteiger partial charge in [-0.05, 0) is 59.6 Å². The second-order valence-electron chi connectivity index (χ2n) is 10.6. The van der Waals surface area contributed by atoms with Crippen LogP contribution in [0, 0.1) is 12.8 Å². The van der Waals surface area contributed by atoms with Gasteiger partial charge in [0.15, 0.2) is 11.6 Å². The zero-order valence-corrected chi connectivity index (χ0v) is 23.0. The molecule has 2 aromatic rings. The minimum Gasteiger partial charge on any atom is -0.444 e. The third-order valence-electron chi connectivity index (χ3n) is 5.62. The van der Waals surface area contributed by atoms with Crippen molar-refractivity contribution in [2.45, 2.75) is 77.1 Å². The first-order valence-corrected chi connectivity index (χ1v) is 12.6. The summed E-state index contributed by atoms with van der Waals surface area (Å²) in [7, 11) is 0. The number of fused-ring (bicyclic) bond motifs is 1. The molecule has 0 bridgehead atoms. The number of anilines is 1. The summed E-state index contributed by atoms with van der Waals surface area (Å²) < 4.78 is 19.2. The molecule has 4 heterocycles. The molecule has 38 heavy (non-hydrogen) atoms. The first-order chi connectivity index (χ1) is 17.8. The molecule has 0 aliphatic carbocycles. The minimum absolute atomic E-state index is 0.0267. The Morgan fingerprint density at radius 1 is 1.24 bits per heavy atom. The molecule has 0 saturated carbocycles. The van der Waals surface area contributed by atoms with E-state index < -0.39 is 17.5 Å². The fraction of sp³-hybridized carbons (Fsp3) is 0.654. The van der Waals surface area contributed by atoms with Crippen LogP contribution >= 0.6 is 0 Å². The molecule has 4 rings (SSSR count). The van der Waals surface area contributed by atoms with Gasteiger partial charge in [-0.3, -0.25) is 4.90 Å². The van der Waals surface area contributed by atoms with Crippen LogP contribution in [0.25, 0.3) is 5.52 Å². The third-order valence-corrected chi connectivity index (χ3v) is 5.62. The van der Waals surface area contributed by atoms with Crippen molar-refractivity contribution in [2.75, 3.05) is 38.6 Å². The predicted molar refractivity (Wildman–Crippen MR) is 143 cm³/mol. The van der Waals surface area contributed by atoms with Gasteiger partial charge in [0.25, 0.3) is 0 Å². The van der Waals surface area contributed by atoms with E-state index in [4.69, 9.17) is 30.2 Å². The normalized spacial score (nSPS) is 22.1. The molecule has 2 aliphatic rings. The van der Waals surface area contributed by atoms with E-state index in [1.54, 1.807) is 0 Å². The highest BCUT2D eigenvalue weighted by atomic mass is 16.6. The number of hydrogen-bond donors (Lipinski definition) is 4. The number of terminal acetylenes is 1. The Kier molecular flexibility index (Phi) is 11.3. The highest BCUT2D eigenvalue weighted by Crippen LogP contribution is 2.34. The Hall–Kier alpha value is -2.95. The van der Waals surface area contributed by atoms with Crippen LogP contribution in [0.5, 0.6) is 0 Å². The quantitative estimate of drug-likeness (QED) is 0.329. The molecule has 1 amide bonds. The molecule has 0 spiro atoms. The van der Waals surface area contributed by atoms with Crippen LogP contribution in [0.3, 0.4) is 0 Å². The standard InChI is InChI=1S/C21H32N6O4.C3H8O2.C2H2/c1-21(2,3)31-20(28)23-10-14-12-29-9-8-26(14)11-15-4-7-18(30-15)16-5-6-17-19(22)24-13-25-27(16)17;1-3(2,4)5;1-2/h5-6,13-15,18H,4,7-12H2,1-3H3,(H,23,28)(H2,22,24,25);4-5H,1-2H3;1-2H/t14-,15+,18-;;/m1../s1. The Balaban J connectivity index is 0.000000651. The van der Waals surface area contributed by atoms with Crippen LogP contribution in [-0.2, 0) is 14.2 Å². The summed E-state index contributed by atoms with van der Waals surface area (Å²) in [6, 6.07) is 4.03. The molecular formula is C26H42N6O6. The van der Waals surface area contributed by atoms with Crippen LogP contribution < -0.4 is 11.1 Å². The molecule has 2 aromatic heterocycles. The first-order valence-electron chi connectivity index (χ1n) is 12.6. The van der Waals surface area contributed by atoms with Gasteiger partial charge in [0.1, 0.15) is 23.5 Å². The van der Waals surface area contributed by atoms with Gasteiger partial charge >= 0.3 is 6.09 Å². The Labute approximate surface area is 224 Å². The lowest BCUT2D eigenvalue weighted by Crippen LogP contribution is -2.53. The van der Waals surface area contributed by atoms with Gasteiger partial charge in [-0.1, -0.05) is 0 Å². The number of amides is 1. The number of ether oxygens (including phenoxy) is 3. The van der Waals surface area contributed by atoms with E-state index in [1.807, 2.05) is 37.4 Å². The molecule has 5 N–H and O–H groups in total. The lowest BCUT2D eigenvalue weighted by molar-refractivity contribution is -0.127. The fourth-order valence-electron chi connectivity index (χ4n) is 4.17. The largest absolute Gasteiger partial charge is 0.444 e. The van der Waals surface area contributed by atoms with Crippen molar-refractivity contribution < 1.29 is 29.2 Å². The average Bonchev–Trinajstić information content (AvgIpc) is 3.45.